The summed E-state index contributed by atoms with van der Waals surface area (Å²) >= 11 is 0. The van der Waals surface area contributed by atoms with Gasteiger partial charge in [0.05, 0.1) is 7.11 Å². The summed E-state index contributed by atoms with van der Waals surface area (Å²) < 4.78 is 25.7. The summed E-state index contributed by atoms with van der Waals surface area (Å²) in [6, 6.07) is 17.4. The molecule has 10 bridgehead atoms. The molecule has 0 aliphatic carbocycles. The van der Waals surface area contributed by atoms with Crippen molar-refractivity contribution in [3.63, 3.8) is 0 Å². The van der Waals surface area contributed by atoms with E-state index in [1.165, 1.54) is 0 Å². The Morgan fingerprint density at radius 3 is 1.98 bits per heavy atom. The van der Waals surface area contributed by atoms with Gasteiger partial charge in [-0.15, -0.1) is 0 Å². The molecule has 7 aliphatic heterocycles. The zero-order valence-electron chi connectivity index (χ0n) is 24.5. The van der Waals surface area contributed by atoms with E-state index in [-0.39, 0.29) is 23.6 Å². The number of benzene rings is 4. The van der Waals surface area contributed by atoms with Crippen LogP contribution >= 0.6 is 0 Å². The molecule has 4 aromatic carbocycles. The van der Waals surface area contributed by atoms with Crippen LogP contribution in [0.2, 0.25) is 0 Å². The second-order valence-corrected chi connectivity index (χ2v) is 12.1. The molecule has 2 atom stereocenters. The molecule has 0 saturated heterocycles. The summed E-state index contributed by atoms with van der Waals surface area (Å²) in [4.78, 5) is 4.65. The molecule has 8 nitrogen and oxygen atoms in total. The minimum atomic E-state index is -0.0530. The van der Waals surface area contributed by atoms with E-state index in [1.54, 1.807) is 13.2 Å². The lowest BCUT2D eigenvalue weighted by Crippen LogP contribution is -2.35. The molecule has 2 N–H and O–H groups in total. The van der Waals surface area contributed by atoms with Gasteiger partial charge in [-0.3, -0.25) is 9.80 Å². The normalized spacial score (nSPS) is 20.4. The number of phenolic OH excluding ortho intramolecular Hbond substituents is 2. The first-order chi connectivity index (χ1) is 20.9. The lowest BCUT2D eigenvalue weighted by molar-refractivity contribution is 0.211. The van der Waals surface area contributed by atoms with Crippen molar-refractivity contribution in [2.24, 2.45) is 0 Å². The Kier molecular flexibility index (Phi) is 6.00. The number of hydrogen-bond acceptors (Lipinski definition) is 8. The molecule has 0 saturated carbocycles. The zero-order valence-corrected chi connectivity index (χ0v) is 24.5. The summed E-state index contributed by atoms with van der Waals surface area (Å²) in [6.45, 7) is 1.71. The number of nitrogens with zero attached hydrogens (tertiary/aromatic N) is 2. The SMILES string of the molecule is COc1cc2c3c4c1Oc1c(c(O)cc5c1[C@H](Cc1ccc(cc1)Oc1cc(ccc1O)C[C@@H]3N(C)CC2)N(C)CC5)O4. The van der Waals surface area contributed by atoms with Crippen molar-refractivity contribution in [1.82, 2.24) is 9.80 Å². The van der Waals surface area contributed by atoms with E-state index in [0.29, 0.717) is 46.7 Å². The number of hydrogen-bond donors (Lipinski definition) is 2. The van der Waals surface area contributed by atoms with Crippen LogP contribution in [-0.4, -0.2) is 54.3 Å². The number of methoxy groups -OCH3 is 1. The first-order valence-electron chi connectivity index (χ1n) is 14.8. The van der Waals surface area contributed by atoms with Gasteiger partial charge in [-0.25, -0.2) is 0 Å². The number of rotatable bonds is 1. The van der Waals surface area contributed by atoms with E-state index < -0.39 is 0 Å². The fourth-order valence-electron chi connectivity index (χ4n) is 7.17. The van der Waals surface area contributed by atoms with Crippen molar-refractivity contribution < 1.29 is 29.2 Å². The minimum absolute atomic E-state index is 0.00266. The summed E-state index contributed by atoms with van der Waals surface area (Å²) in [5.74, 6) is 3.91. The standard InChI is InChI=1S/C35H34N2O6/c1-36-12-10-21-17-27(39)32-34-30(21)24(36)14-19-4-7-23(8-5-19)41-28-16-20(6-9-26(28)38)15-25-31-22(11-13-37(25)2)18-29(40-3)33(43-34)35(31)42-32/h4-9,16-18,24-25,38-39H,10-15H2,1-3H3/t24-,25-/m0/s1. The molecule has 0 spiro atoms. The van der Waals surface area contributed by atoms with Gasteiger partial charge >= 0.3 is 0 Å². The first kappa shape index (κ1) is 26.2. The van der Waals surface area contributed by atoms with Crippen molar-refractivity contribution in [3.05, 3.63) is 88.0 Å². The Hall–Kier alpha value is -4.40. The Morgan fingerprint density at radius 1 is 0.674 bits per heavy atom. The van der Waals surface area contributed by atoms with E-state index in [4.69, 9.17) is 18.9 Å². The molecule has 0 aromatic heterocycles. The average molecular weight is 579 g/mol. The third kappa shape index (κ3) is 4.19. The summed E-state index contributed by atoms with van der Waals surface area (Å²) in [5.41, 5.74) is 6.39. The number of phenols is 2. The van der Waals surface area contributed by atoms with Crippen LogP contribution in [0, 0.1) is 0 Å². The Balaban J connectivity index is 1.38. The number of aromatic hydroxyl groups is 2. The lowest BCUT2D eigenvalue weighted by Gasteiger charge is -2.40. The molecule has 220 valence electrons. The van der Waals surface area contributed by atoms with Gasteiger partial charge in [0.25, 0.3) is 0 Å². The largest absolute Gasteiger partial charge is 0.504 e. The molecular weight excluding hydrogens is 544 g/mol. The summed E-state index contributed by atoms with van der Waals surface area (Å²) in [6.07, 6.45) is 3.00. The summed E-state index contributed by atoms with van der Waals surface area (Å²) in [5, 5.41) is 22.0. The van der Waals surface area contributed by atoms with Gasteiger partial charge in [0.1, 0.15) is 5.75 Å². The maximum absolute atomic E-state index is 11.3. The van der Waals surface area contributed by atoms with E-state index in [9.17, 15) is 10.2 Å². The maximum Gasteiger partial charge on any atom is 0.212 e. The van der Waals surface area contributed by atoms with Gasteiger partial charge < -0.3 is 29.2 Å². The summed E-state index contributed by atoms with van der Waals surface area (Å²) in [7, 11) is 5.89. The van der Waals surface area contributed by atoms with E-state index >= 15 is 0 Å². The van der Waals surface area contributed by atoms with Crippen LogP contribution in [0.3, 0.4) is 0 Å². The van der Waals surface area contributed by atoms with Gasteiger partial charge in [-0.2, -0.15) is 0 Å². The van der Waals surface area contributed by atoms with Gasteiger partial charge in [0.2, 0.25) is 11.5 Å². The van der Waals surface area contributed by atoms with Crippen LogP contribution in [0.5, 0.6) is 51.7 Å². The third-order valence-corrected chi connectivity index (χ3v) is 9.53. The highest BCUT2D eigenvalue weighted by molar-refractivity contribution is 5.71. The Labute approximate surface area is 250 Å². The molecule has 0 amide bonds. The Bertz CT molecular complexity index is 1770. The molecule has 0 radical (unpaired) electrons. The number of ether oxygens (including phenoxy) is 4. The van der Waals surface area contributed by atoms with E-state index in [1.807, 2.05) is 30.3 Å². The van der Waals surface area contributed by atoms with Crippen molar-refractivity contribution in [2.75, 3.05) is 34.3 Å². The van der Waals surface area contributed by atoms with Crippen molar-refractivity contribution >= 4 is 0 Å². The average Bonchev–Trinajstić information content (AvgIpc) is 3.01. The first-order valence-corrected chi connectivity index (χ1v) is 14.8. The maximum atomic E-state index is 11.3. The van der Waals surface area contributed by atoms with Crippen molar-refractivity contribution in [2.45, 2.75) is 37.8 Å². The smallest absolute Gasteiger partial charge is 0.212 e. The Morgan fingerprint density at radius 2 is 1.28 bits per heavy atom. The van der Waals surface area contributed by atoms with E-state index in [0.717, 1.165) is 65.7 Å². The molecule has 0 fully saturated rings. The van der Waals surface area contributed by atoms with Crippen molar-refractivity contribution in [1.29, 1.82) is 0 Å². The van der Waals surface area contributed by atoms with Gasteiger partial charge in [-0.1, -0.05) is 18.2 Å². The predicted molar refractivity (Wildman–Crippen MR) is 161 cm³/mol. The van der Waals surface area contributed by atoms with Crippen LogP contribution < -0.4 is 18.9 Å². The van der Waals surface area contributed by atoms with E-state index in [2.05, 4.69) is 42.1 Å². The second-order valence-electron chi connectivity index (χ2n) is 12.1. The van der Waals surface area contributed by atoms with Crippen LogP contribution in [0.1, 0.15) is 45.5 Å². The predicted octanol–water partition coefficient (Wildman–Crippen LogP) is 6.65. The molecule has 7 heterocycles. The topological polar surface area (TPSA) is 83.9 Å². The molecule has 8 heteroatoms. The fourth-order valence-corrected chi connectivity index (χ4v) is 7.17. The monoisotopic (exact) mass is 578 g/mol. The molecule has 43 heavy (non-hydrogen) atoms. The highest BCUT2D eigenvalue weighted by Crippen LogP contribution is 2.60. The quantitative estimate of drug-likeness (QED) is 0.229. The van der Waals surface area contributed by atoms with Gasteiger partial charge in [0, 0.05) is 36.3 Å². The highest BCUT2D eigenvalue weighted by atomic mass is 16.6. The molecule has 11 rings (SSSR count). The van der Waals surface area contributed by atoms with Crippen LogP contribution in [0.15, 0.2) is 54.6 Å². The van der Waals surface area contributed by atoms with Crippen LogP contribution in [0.25, 0.3) is 0 Å². The van der Waals surface area contributed by atoms with Crippen LogP contribution in [-0.2, 0) is 25.7 Å². The van der Waals surface area contributed by atoms with Crippen molar-refractivity contribution in [3.8, 4) is 51.7 Å². The third-order valence-electron chi connectivity index (χ3n) is 9.53. The molecule has 4 aromatic rings. The second kappa shape index (κ2) is 9.82. The van der Waals surface area contributed by atoms with Gasteiger partial charge in [-0.05, 0) is 98.4 Å². The molecular formula is C35H34N2O6. The molecule has 7 aliphatic rings. The van der Waals surface area contributed by atoms with Gasteiger partial charge in [0.15, 0.2) is 34.5 Å². The number of likely N-dealkylation sites (N-methyl/N-ethyl adjacent to an activating group) is 2. The fraction of sp³-hybridized carbons (Fsp3) is 0.314. The molecule has 0 unspecified atom stereocenters. The lowest BCUT2D eigenvalue weighted by atomic mass is 9.86. The highest BCUT2D eigenvalue weighted by Gasteiger charge is 2.40. The zero-order chi connectivity index (χ0) is 29.4. The van der Waals surface area contributed by atoms with Crippen LogP contribution in [0.4, 0.5) is 0 Å². The minimum Gasteiger partial charge on any atom is -0.504 e.